The summed E-state index contributed by atoms with van der Waals surface area (Å²) in [6.07, 6.45) is 0. The topological polar surface area (TPSA) is 64.6 Å². The summed E-state index contributed by atoms with van der Waals surface area (Å²) >= 11 is 0. The fourth-order valence-electron chi connectivity index (χ4n) is 1.14. The number of nitrogens with one attached hydrogen (secondary N) is 1. The van der Waals surface area contributed by atoms with Crippen LogP contribution in [0.25, 0.3) is 0 Å². The van der Waals surface area contributed by atoms with E-state index in [1.165, 1.54) is 19.2 Å². The number of ether oxygens (including phenoxy) is 1. The highest BCUT2D eigenvalue weighted by molar-refractivity contribution is 7.89. The van der Waals surface area contributed by atoms with E-state index in [-0.39, 0.29) is 23.2 Å². The zero-order chi connectivity index (χ0) is 13.8. The number of sulfonamides is 1. The van der Waals surface area contributed by atoms with E-state index >= 15 is 0 Å². The van der Waals surface area contributed by atoms with Gasteiger partial charge in [-0.3, -0.25) is 4.84 Å². The second-order valence-corrected chi connectivity index (χ2v) is 5.73. The Labute approximate surface area is 106 Å². The van der Waals surface area contributed by atoms with Crippen molar-refractivity contribution in [1.82, 2.24) is 4.89 Å². The second kappa shape index (κ2) is 6.12. The van der Waals surface area contributed by atoms with Gasteiger partial charge in [-0.15, -0.1) is 0 Å². The van der Waals surface area contributed by atoms with E-state index in [2.05, 4.69) is 0 Å². The lowest BCUT2D eigenvalue weighted by Crippen LogP contribution is -2.26. The van der Waals surface area contributed by atoms with Gasteiger partial charge in [0.2, 0.25) is 0 Å². The maximum absolute atomic E-state index is 13.4. The SMILES string of the molecule is COc1ccc(S(=O)(=O)NOCC(C)C)cc1F. The minimum Gasteiger partial charge on any atom is -0.494 e. The van der Waals surface area contributed by atoms with Crippen molar-refractivity contribution in [1.29, 1.82) is 0 Å². The Morgan fingerprint density at radius 3 is 2.56 bits per heavy atom. The van der Waals surface area contributed by atoms with Gasteiger partial charge in [-0.05, 0) is 24.1 Å². The van der Waals surface area contributed by atoms with Crippen LogP contribution in [0, 0.1) is 11.7 Å². The van der Waals surface area contributed by atoms with E-state index in [1.807, 2.05) is 18.7 Å². The average Bonchev–Trinajstić information content (AvgIpc) is 2.28. The lowest BCUT2D eigenvalue weighted by molar-refractivity contribution is 0.0718. The summed E-state index contributed by atoms with van der Waals surface area (Å²) in [5, 5.41) is 0. The maximum Gasteiger partial charge on any atom is 0.262 e. The zero-order valence-electron chi connectivity index (χ0n) is 10.4. The van der Waals surface area contributed by atoms with Gasteiger partial charge >= 0.3 is 0 Å². The van der Waals surface area contributed by atoms with Gasteiger partial charge in [-0.1, -0.05) is 18.7 Å². The molecule has 0 radical (unpaired) electrons. The molecule has 0 aliphatic carbocycles. The minimum absolute atomic E-state index is 0.0166. The van der Waals surface area contributed by atoms with E-state index in [0.717, 1.165) is 6.07 Å². The Bertz CT molecular complexity index is 502. The van der Waals surface area contributed by atoms with E-state index in [1.54, 1.807) is 0 Å². The van der Waals surface area contributed by atoms with Gasteiger partial charge in [-0.25, -0.2) is 12.8 Å². The van der Waals surface area contributed by atoms with Crippen molar-refractivity contribution in [3.05, 3.63) is 24.0 Å². The highest BCUT2D eigenvalue weighted by Gasteiger charge is 2.16. The predicted octanol–water partition coefficient (Wildman–Crippen LogP) is 1.70. The van der Waals surface area contributed by atoms with E-state index < -0.39 is 15.8 Å². The standard InChI is InChI=1S/C11H16FNO4S/c1-8(2)7-17-13-18(14,15)9-4-5-11(16-3)10(12)6-9/h4-6,8,13H,7H2,1-3H3. The van der Waals surface area contributed by atoms with Gasteiger partial charge in [0.25, 0.3) is 10.0 Å². The molecule has 0 bridgehead atoms. The molecule has 7 heteroatoms. The third-order valence-corrected chi connectivity index (χ3v) is 3.23. The van der Waals surface area contributed by atoms with Crippen molar-refractivity contribution < 1.29 is 22.4 Å². The summed E-state index contributed by atoms with van der Waals surface area (Å²) in [6, 6.07) is 3.36. The molecule has 1 aromatic rings. The monoisotopic (exact) mass is 277 g/mol. The third-order valence-electron chi connectivity index (χ3n) is 2.02. The fourth-order valence-corrected chi connectivity index (χ4v) is 1.97. The van der Waals surface area contributed by atoms with Crippen LogP contribution in [0.5, 0.6) is 5.75 Å². The number of halogens is 1. The van der Waals surface area contributed by atoms with Gasteiger partial charge < -0.3 is 4.74 Å². The van der Waals surface area contributed by atoms with Crippen LogP contribution in [0.3, 0.4) is 0 Å². The molecule has 0 amide bonds. The molecule has 0 spiro atoms. The highest BCUT2D eigenvalue weighted by atomic mass is 32.2. The third kappa shape index (κ3) is 3.94. The van der Waals surface area contributed by atoms with E-state index in [4.69, 9.17) is 9.57 Å². The molecule has 18 heavy (non-hydrogen) atoms. The van der Waals surface area contributed by atoms with Crippen LogP contribution in [-0.4, -0.2) is 22.1 Å². The Kier molecular flexibility index (Phi) is 5.06. The molecule has 0 aliphatic rings. The lowest BCUT2D eigenvalue weighted by Gasteiger charge is -2.09. The van der Waals surface area contributed by atoms with Crippen molar-refractivity contribution >= 4 is 10.0 Å². The summed E-state index contributed by atoms with van der Waals surface area (Å²) in [5.74, 6) is -0.582. The summed E-state index contributed by atoms with van der Waals surface area (Å²) in [4.78, 5) is 6.54. The first-order valence-electron chi connectivity index (χ1n) is 5.34. The summed E-state index contributed by atoms with van der Waals surface area (Å²) in [6.45, 7) is 3.99. The van der Waals surface area contributed by atoms with Gasteiger partial charge in [0, 0.05) is 0 Å². The molecule has 0 unspecified atom stereocenters. The minimum atomic E-state index is -3.87. The molecule has 0 heterocycles. The van der Waals surface area contributed by atoms with Crippen molar-refractivity contribution in [2.75, 3.05) is 13.7 Å². The fraction of sp³-hybridized carbons (Fsp3) is 0.455. The number of hydrogen-bond donors (Lipinski definition) is 1. The first-order valence-corrected chi connectivity index (χ1v) is 6.82. The van der Waals surface area contributed by atoms with Crippen molar-refractivity contribution in [3.63, 3.8) is 0 Å². The molecule has 102 valence electrons. The molecule has 1 N–H and O–H groups in total. The molecule has 0 aliphatic heterocycles. The molecule has 0 fully saturated rings. The van der Waals surface area contributed by atoms with Crippen molar-refractivity contribution in [2.45, 2.75) is 18.7 Å². The van der Waals surface area contributed by atoms with Gasteiger partial charge in [0.15, 0.2) is 11.6 Å². The van der Waals surface area contributed by atoms with E-state index in [0.29, 0.717) is 0 Å². The van der Waals surface area contributed by atoms with Crippen LogP contribution < -0.4 is 9.62 Å². The van der Waals surface area contributed by atoms with Crippen LogP contribution in [0.4, 0.5) is 4.39 Å². The second-order valence-electron chi connectivity index (χ2n) is 4.09. The Hall–Kier alpha value is -1.18. The largest absolute Gasteiger partial charge is 0.494 e. The summed E-state index contributed by atoms with van der Waals surface area (Å²) < 4.78 is 41.5. The molecular formula is C11H16FNO4S. The van der Waals surface area contributed by atoms with Crippen molar-refractivity contribution in [3.8, 4) is 5.75 Å². The number of rotatable bonds is 6. The van der Waals surface area contributed by atoms with Crippen LogP contribution in [0.2, 0.25) is 0 Å². The maximum atomic E-state index is 13.4. The summed E-state index contributed by atoms with van der Waals surface area (Å²) in [5.41, 5.74) is 0. The van der Waals surface area contributed by atoms with Gasteiger partial charge in [0.05, 0.1) is 18.6 Å². The molecule has 0 aromatic heterocycles. The number of benzene rings is 1. The Morgan fingerprint density at radius 2 is 2.06 bits per heavy atom. The molecule has 0 atom stereocenters. The highest BCUT2D eigenvalue weighted by Crippen LogP contribution is 2.20. The Morgan fingerprint density at radius 1 is 1.39 bits per heavy atom. The summed E-state index contributed by atoms with van der Waals surface area (Å²) in [7, 11) is -2.57. The first-order chi connectivity index (χ1) is 8.36. The predicted molar refractivity (Wildman–Crippen MR) is 64.1 cm³/mol. The van der Waals surface area contributed by atoms with E-state index in [9.17, 15) is 12.8 Å². The van der Waals surface area contributed by atoms with Gasteiger partial charge in [-0.2, -0.15) is 0 Å². The lowest BCUT2D eigenvalue weighted by atomic mass is 10.2. The molecule has 1 rings (SSSR count). The molecule has 5 nitrogen and oxygen atoms in total. The zero-order valence-corrected chi connectivity index (χ0v) is 11.3. The normalized spacial score (nSPS) is 11.8. The first kappa shape index (κ1) is 14.9. The van der Waals surface area contributed by atoms with Crippen LogP contribution in [-0.2, 0) is 14.9 Å². The number of hydrogen-bond acceptors (Lipinski definition) is 4. The van der Waals surface area contributed by atoms with Crippen molar-refractivity contribution in [2.24, 2.45) is 5.92 Å². The van der Waals surface area contributed by atoms with Crippen LogP contribution in [0.15, 0.2) is 23.1 Å². The molecule has 0 saturated carbocycles. The van der Waals surface area contributed by atoms with Crippen LogP contribution >= 0.6 is 0 Å². The quantitative estimate of drug-likeness (QED) is 0.804. The molecule has 1 aromatic carbocycles. The number of methoxy groups -OCH3 is 1. The average molecular weight is 277 g/mol. The van der Waals surface area contributed by atoms with Crippen LogP contribution in [0.1, 0.15) is 13.8 Å². The van der Waals surface area contributed by atoms with Gasteiger partial charge in [0.1, 0.15) is 0 Å². The smallest absolute Gasteiger partial charge is 0.262 e. The molecular weight excluding hydrogens is 261 g/mol. The molecule has 0 saturated heterocycles. The Balaban J connectivity index is 2.82.